The van der Waals surface area contributed by atoms with Gasteiger partial charge in [0, 0.05) is 35.9 Å². The van der Waals surface area contributed by atoms with Gasteiger partial charge in [0.2, 0.25) is 5.88 Å². The lowest BCUT2D eigenvalue weighted by molar-refractivity contribution is 0.0769. The van der Waals surface area contributed by atoms with E-state index in [9.17, 15) is 13.2 Å². The Morgan fingerprint density at radius 1 is 1.16 bits per heavy atom. The van der Waals surface area contributed by atoms with E-state index in [0.717, 1.165) is 11.1 Å². The molecule has 2 aromatic heterocycles. The summed E-state index contributed by atoms with van der Waals surface area (Å²) in [5.74, 6) is 0.717. The minimum Gasteiger partial charge on any atom is -0.473 e. The van der Waals surface area contributed by atoms with E-state index in [1.165, 1.54) is 11.1 Å². The highest BCUT2D eigenvalue weighted by Crippen LogP contribution is 2.27. The van der Waals surface area contributed by atoms with Gasteiger partial charge in [-0.15, -0.1) is 0 Å². The van der Waals surface area contributed by atoms with E-state index in [-0.39, 0.29) is 37.1 Å². The smallest absolute Gasteiger partial charge is 0.255 e. The number of aryl methyl sites for hydroxylation is 1. The molecule has 1 aliphatic rings. The van der Waals surface area contributed by atoms with Crippen LogP contribution in [0.2, 0.25) is 5.02 Å². The zero-order valence-electron chi connectivity index (χ0n) is 16.7. The molecule has 1 saturated heterocycles. The van der Waals surface area contributed by atoms with Crippen LogP contribution < -0.4 is 4.74 Å². The van der Waals surface area contributed by atoms with E-state index >= 15 is 0 Å². The summed E-state index contributed by atoms with van der Waals surface area (Å²) in [6.07, 6.45) is 1.43. The Morgan fingerprint density at radius 3 is 2.52 bits per heavy atom. The van der Waals surface area contributed by atoms with Gasteiger partial charge in [-0.25, -0.2) is 13.4 Å². The van der Waals surface area contributed by atoms with Gasteiger partial charge in [0.1, 0.15) is 18.1 Å². The summed E-state index contributed by atoms with van der Waals surface area (Å²) in [4.78, 5) is 18.3. The molecule has 0 N–H and O–H groups in total. The average molecular weight is 462 g/mol. The normalized spacial score (nSPS) is 15.6. The van der Waals surface area contributed by atoms with Gasteiger partial charge in [-0.05, 0) is 25.1 Å². The summed E-state index contributed by atoms with van der Waals surface area (Å²) in [5.41, 5.74) is 2.70. The fraction of sp³-hybridized carbons (Fsp3) is 0.286. The molecule has 1 amide bonds. The summed E-state index contributed by atoms with van der Waals surface area (Å²) in [7, 11) is -3.05. The van der Waals surface area contributed by atoms with E-state index in [0.29, 0.717) is 27.9 Å². The molecule has 0 spiro atoms. The van der Waals surface area contributed by atoms with Crippen LogP contribution in [0.1, 0.15) is 21.7 Å². The van der Waals surface area contributed by atoms with Crippen LogP contribution in [0.4, 0.5) is 0 Å². The number of hydrogen-bond acceptors (Lipinski definition) is 7. The predicted molar refractivity (Wildman–Crippen MR) is 115 cm³/mol. The van der Waals surface area contributed by atoms with Gasteiger partial charge >= 0.3 is 0 Å². The van der Waals surface area contributed by atoms with Crippen LogP contribution in [0.3, 0.4) is 0 Å². The van der Waals surface area contributed by atoms with Gasteiger partial charge in [-0.1, -0.05) is 28.9 Å². The number of pyridine rings is 1. The van der Waals surface area contributed by atoms with Crippen LogP contribution in [0.25, 0.3) is 11.3 Å². The number of sulfone groups is 1. The Hall–Kier alpha value is -2.91. The molecule has 8 nitrogen and oxygen atoms in total. The zero-order chi connectivity index (χ0) is 22.0. The summed E-state index contributed by atoms with van der Waals surface area (Å²) in [5, 5.41) is 4.75. The molecule has 0 aliphatic carbocycles. The number of carbonyl (C=O) groups is 1. The number of aromatic nitrogens is 2. The maximum atomic E-state index is 12.6. The van der Waals surface area contributed by atoms with Crippen LogP contribution in [-0.2, 0) is 16.4 Å². The van der Waals surface area contributed by atoms with Crippen molar-refractivity contribution in [2.45, 2.75) is 13.5 Å². The van der Waals surface area contributed by atoms with Gasteiger partial charge in [-0.2, -0.15) is 0 Å². The quantitative estimate of drug-likeness (QED) is 0.575. The highest BCUT2D eigenvalue weighted by atomic mass is 35.5. The molecule has 0 radical (unpaired) electrons. The third-order valence-electron chi connectivity index (χ3n) is 5.08. The van der Waals surface area contributed by atoms with Crippen LogP contribution in [0, 0.1) is 6.92 Å². The highest BCUT2D eigenvalue weighted by molar-refractivity contribution is 7.91. The maximum Gasteiger partial charge on any atom is 0.255 e. The van der Waals surface area contributed by atoms with Crippen molar-refractivity contribution >= 4 is 27.3 Å². The van der Waals surface area contributed by atoms with E-state index in [4.69, 9.17) is 20.9 Å². The number of rotatable bonds is 5. The van der Waals surface area contributed by atoms with Gasteiger partial charge in [-0.3, -0.25) is 4.79 Å². The summed E-state index contributed by atoms with van der Waals surface area (Å²) in [6, 6.07) is 10.5. The lowest BCUT2D eigenvalue weighted by Crippen LogP contribution is -2.43. The first-order valence-corrected chi connectivity index (χ1v) is 11.8. The highest BCUT2D eigenvalue weighted by Gasteiger charge is 2.26. The molecule has 3 aromatic rings. The lowest BCUT2D eigenvalue weighted by Gasteiger charge is -2.26. The number of hydrogen-bond donors (Lipinski definition) is 0. The van der Waals surface area contributed by atoms with Crippen molar-refractivity contribution in [3.8, 4) is 17.1 Å². The van der Waals surface area contributed by atoms with Crippen LogP contribution in [0.5, 0.6) is 5.88 Å². The van der Waals surface area contributed by atoms with Gasteiger partial charge in [0.15, 0.2) is 9.84 Å². The SMILES string of the molecule is Cc1onc(-c2ccc(Cl)cc2)c1COc1ccc(C(=O)N2CCS(=O)(=O)CC2)cn1. The van der Waals surface area contributed by atoms with E-state index in [2.05, 4.69) is 10.1 Å². The van der Waals surface area contributed by atoms with Gasteiger partial charge in [0.25, 0.3) is 5.91 Å². The molecule has 10 heteroatoms. The Kier molecular flexibility index (Phi) is 5.97. The molecular formula is C21H20ClN3O5S. The number of nitrogens with zero attached hydrogens (tertiary/aromatic N) is 3. The maximum absolute atomic E-state index is 12.6. The number of ether oxygens (including phenoxy) is 1. The standard InChI is InChI=1S/C21H20ClN3O5S/c1-14-18(20(24-30-14)15-2-5-17(22)6-3-15)13-29-19-7-4-16(12-23-19)21(26)25-8-10-31(27,28)11-9-25/h2-7,12H,8-11,13H2,1H3. The summed E-state index contributed by atoms with van der Waals surface area (Å²) >= 11 is 5.95. The third-order valence-corrected chi connectivity index (χ3v) is 6.94. The van der Waals surface area contributed by atoms with Crippen molar-refractivity contribution in [1.82, 2.24) is 15.0 Å². The summed E-state index contributed by atoms with van der Waals surface area (Å²) in [6.45, 7) is 2.38. The lowest BCUT2D eigenvalue weighted by atomic mass is 10.1. The first kappa shape index (κ1) is 21.3. The number of halogens is 1. The molecule has 0 atom stereocenters. The molecule has 0 saturated carbocycles. The monoisotopic (exact) mass is 461 g/mol. The van der Waals surface area contributed by atoms with Crippen molar-refractivity contribution in [3.05, 3.63) is 64.5 Å². The molecular weight excluding hydrogens is 442 g/mol. The molecule has 1 aromatic carbocycles. The molecule has 3 heterocycles. The minimum absolute atomic E-state index is 0.0125. The number of benzene rings is 1. The van der Waals surface area contributed by atoms with E-state index < -0.39 is 9.84 Å². The first-order chi connectivity index (χ1) is 14.8. The number of amides is 1. The minimum atomic E-state index is -3.05. The van der Waals surface area contributed by atoms with Crippen molar-refractivity contribution in [1.29, 1.82) is 0 Å². The van der Waals surface area contributed by atoms with E-state index in [1.54, 1.807) is 31.2 Å². The van der Waals surface area contributed by atoms with Crippen LogP contribution in [0.15, 0.2) is 47.1 Å². The molecule has 0 bridgehead atoms. The second kappa shape index (κ2) is 8.68. The second-order valence-corrected chi connectivity index (χ2v) is 9.93. The molecule has 0 unspecified atom stereocenters. The fourth-order valence-corrected chi connectivity index (χ4v) is 4.56. The second-order valence-electron chi connectivity index (χ2n) is 7.19. The van der Waals surface area contributed by atoms with E-state index in [1.807, 2.05) is 12.1 Å². The Morgan fingerprint density at radius 2 is 1.87 bits per heavy atom. The average Bonchev–Trinajstić information content (AvgIpc) is 3.13. The van der Waals surface area contributed by atoms with Crippen LogP contribution >= 0.6 is 11.6 Å². The molecule has 1 fully saturated rings. The first-order valence-electron chi connectivity index (χ1n) is 9.62. The van der Waals surface area contributed by atoms with Gasteiger partial charge < -0.3 is 14.2 Å². The summed E-state index contributed by atoms with van der Waals surface area (Å²) < 4.78 is 34.2. The Bertz CT molecular complexity index is 1180. The topological polar surface area (TPSA) is 103 Å². The molecule has 1 aliphatic heterocycles. The molecule has 4 rings (SSSR count). The fourth-order valence-electron chi connectivity index (χ4n) is 3.23. The molecule has 31 heavy (non-hydrogen) atoms. The third kappa shape index (κ3) is 4.88. The largest absolute Gasteiger partial charge is 0.473 e. The zero-order valence-corrected chi connectivity index (χ0v) is 18.3. The Balaban J connectivity index is 1.42. The predicted octanol–water partition coefficient (Wildman–Crippen LogP) is 3.15. The van der Waals surface area contributed by atoms with Crippen molar-refractivity contribution in [2.75, 3.05) is 24.6 Å². The Labute approximate surface area is 184 Å². The van der Waals surface area contributed by atoms with Gasteiger partial charge in [0.05, 0.1) is 22.6 Å². The molecule has 162 valence electrons. The van der Waals surface area contributed by atoms with Crippen molar-refractivity contribution in [2.24, 2.45) is 0 Å². The van der Waals surface area contributed by atoms with Crippen LogP contribution in [-0.4, -0.2) is 54.0 Å². The number of carbonyl (C=O) groups excluding carboxylic acids is 1. The van der Waals surface area contributed by atoms with Crippen molar-refractivity contribution < 1.29 is 22.5 Å². The van der Waals surface area contributed by atoms with Crippen molar-refractivity contribution in [3.63, 3.8) is 0 Å².